The first-order chi connectivity index (χ1) is 9.00. The molecule has 0 spiro atoms. The van der Waals surface area contributed by atoms with Gasteiger partial charge in [-0.15, -0.1) is 0 Å². The summed E-state index contributed by atoms with van der Waals surface area (Å²) in [5.74, 6) is -1.05. The number of amides is 1. The number of carboxylic acid groups (broad SMARTS) is 1. The number of rotatable bonds is 6. The Morgan fingerprint density at radius 1 is 1.26 bits per heavy atom. The van der Waals surface area contributed by atoms with Gasteiger partial charge in [0.1, 0.15) is 11.3 Å². The minimum Gasteiger partial charge on any atom is -0.496 e. The van der Waals surface area contributed by atoms with Crippen molar-refractivity contribution in [2.75, 3.05) is 7.11 Å². The molecule has 104 valence electrons. The van der Waals surface area contributed by atoms with E-state index in [1.165, 1.54) is 7.11 Å². The molecular weight excluding hydrogens is 246 g/mol. The van der Waals surface area contributed by atoms with E-state index >= 15 is 0 Å². The molecule has 19 heavy (non-hydrogen) atoms. The van der Waals surface area contributed by atoms with Crippen LogP contribution >= 0.6 is 0 Å². The normalized spacial score (nSPS) is 10.9. The second kappa shape index (κ2) is 6.22. The van der Waals surface area contributed by atoms with Gasteiger partial charge in [0.15, 0.2) is 0 Å². The number of methoxy groups -OCH3 is 1. The molecule has 5 nitrogen and oxygen atoms in total. The second-order valence-electron chi connectivity index (χ2n) is 4.25. The minimum atomic E-state index is -1.24. The standard InChI is InChI=1S/C14H19NO4/c1-4-14(5-2,13(17)18)15-12(16)10-8-6-7-9-11(10)19-3/h6-9H,4-5H2,1-3H3,(H,15,16)(H,17,18). The molecule has 5 heteroatoms. The van der Waals surface area contributed by atoms with E-state index in [9.17, 15) is 14.7 Å². The number of para-hydroxylation sites is 1. The summed E-state index contributed by atoms with van der Waals surface area (Å²) >= 11 is 0. The van der Waals surface area contributed by atoms with Gasteiger partial charge in [-0.05, 0) is 25.0 Å². The third-order valence-corrected chi connectivity index (χ3v) is 3.32. The molecule has 0 bridgehead atoms. The summed E-state index contributed by atoms with van der Waals surface area (Å²) < 4.78 is 5.10. The Balaban J connectivity index is 3.04. The van der Waals surface area contributed by atoms with Gasteiger partial charge in [-0.2, -0.15) is 0 Å². The molecular formula is C14H19NO4. The number of carbonyl (C=O) groups excluding carboxylic acids is 1. The largest absolute Gasteiger partial charge is 0.496 e. The van der Waals surface area contributed by atoms with Crippen molar-refractivity contribution in [3.63, 3.8) is 0 Å². The highest BCUT2D eigenvalue weighted by Gasteiger charge is 2.37. The molecule has 0 aliphatic carbocycles. The van der Waals surface area contributed by atoms with Crippen LogP contribution in [0.15, 0.2) is 24.3 Å². The molecule has 1 aromatic rings. The number of nitrogens with one attached hydrogen (secondary N) is 1. The first-order valence-electron chi connectivity index (χ1n) is 6.19. The van der Waals surface area contributed by atoms with Gasteiger partial charge in [-0.1, -0.05) is 26.0 Å². The second-order valence-corrected chi connectivity index (χ2v) is 4.25. The first-order valence-corrected chi connectivity index (χ1v) is 6.19. The van der Waals surface area contributed by atoms with E-state index in [4.69, 9.17) is 4.74 Å². The van der Waals surface area contributed by atoms with Crippen LogP contribution in [0, 0.1) is 0 Å². The predicted molar refractivity (Wildman–Crippen MR) is 71.4 cm³/mol. The summed E-state index contributed by atoms with van der Waals surface area (Å²) in [6.45, 7) is 3.47. The van der Waals surface area contributed by atoms with Crippen LogP contribution in [0.4, 0.5) is 0 Å². The van der Waals surface area contributed by atoms with Crippen LogP contribution in [0.3, 0.4) is 0 Å². The van der Waals surface area contributed by atoms with Gasteiger partial charge in [0, 0.05) is 0 Å². The summed E-state index contributed by atoms with van der Waals surface area (Å²) in [5, 5.41) is 11.9. The van der Waals surface area contributed by atoms with Gasteiger partial charge in [0.2, 0.25) is 0 Å². The zero-order valence-corrected chi connectivity index (χ0v) is 11.4. The van der Waals surface area contributed by atoms with Crippen LogP contribution in [0.5, 0.6) is 5.75 Å². The van der Waals surface area contributed by atoms with Gasteiger partial charge in [0.05, 0.1) is 12.7 Å². The lowest BCUT2D eigenvalue weighted by Gasteiger charge is -2.28. The number of carbonyl (C=O) groups is 2. The van der Waals surface area contributed by atoms with Gasteiger partial charge < -0.3 is 15.2 Å². The first kappa shape index (κ1) is 15.0. The highest BCUT2D eigenvalue weighted by atomic mass is 16.5. The third-order valence-electron chi connectivity index (χ3n) is 3.32. The Hall–Kier alpha value is -2.04. The SMILES string of the molecule is CCC(CC)(NC(=O)c1ccccc1OC)C(=O)O. The van der Waals surface area contributed by atoms with Crippen molar-refractivity contribution < 1.29 is 19.4 Å². The lowest BCUT2D eigenvalue weighted by atomic mass is 9.92. The Kier molecular flexibility index (Phi) is 4.92. The quantitative estimate of drug-likeness (QED) is 0.825. The van der Waals surface area contributed by atoms with E-state index in [-0.39, 0.29) is 0 Å². The zero-order chi connectivity index (χ0) is 14.5. The van der Waals surface area contributed by atoms with E-state index in [1.807, 2.05) is 0 Å². The van der Waals surface area contributed by atoms with Crippen molar-refractivity contribution in [1.29, 1.82) is 0 Å². The highest BCUT2D eigenvalue weighted by molar-refractivity contribution is 5.99. The summed E-state index contributed by atoms with van der Waals surface area (Å²) in [6, 6.07) is 6.72. The molecule has 0 unspecified atom stereocenters. The smallest absolute Gasteiger partial charge is 0.329 e. The minimum absolute atomic E-state index is 0.319. The van der Waals surface area contributed by atoms with Crippen LogP contribution in [0.1, 0.15) is 37.0 Å². The van der Waals surface area contributed by atoms with E-state index in [0.717, 1.165) is 0 Å². The molecule has 0 atom stereocenters. The maximum Gasteiger partial charge on any atom is 0.329 e. The maximum absolute atomic E-state index is 12.2. The zero-order valence-electron chi connectivity index (χ0n) is 11.4. The van der Waals surface area contributed by atoms with Crippen molar-refractivity contribution in [2.45, 2.75) is 32.2 Å². The van der Waals surface area contributed by atoms with Gasteiger partial charge >= 0.3 is 5.97 Å². The number of benzene rings is 1. The molecule has 1 aromatic carbocycles. The Bertz CT molecular complexity index is 466. The predicted octanol–water partition coefficient (Wildman–Crippen LogP) is 2.07. The van der Waals surface area contributed by atoms with Crippen molar-refractivity contribution in [1.82, 2.24) is 5.32 Å². The lowest BCUT2D eigenvalue weighted by Crippen LogP contribution is -2.53. The molecule has 0 saturated heterocycles. The third kappa shape index (κ3) is 3.05. The summed E-state index contributed by atoms with van der Waals surface area (Å²) in [6.07, 6.45) is 0.638. The van der Waals surface area contributed by atoms with Crippen LogP contribution < -0.4 is 10.1 Å². The summed E-state index contributed by atoms with van der Waals surface area (Å²) in [7, 11) is 1.47. The molecule has 0 saturated carbocycles. The van der Waals surface area contributed by atoms with Gasteiger partial charge in [0.25, 0.3) is 5.91 Å². The van der Waals surface area contributed by atoms with Crippen LogP contribution in [0.2, 0.25) is 0 Å². The maximum atomic E-state index is 12.2. The molecule has 0 aliphatic rings. The van der Waals surface area contributed by atoms with E-state index in [0.29, 0.717) is 24.2 Å². The van der Waals surface area contributed by atoms with Crippen LogP contribution in [-0.4, -0.2) is 29.6 Å². The average molecular weight is 265 g/mol. The van der Waals surface area contributed by atoms with E-state index in [1.54, 1.807) is 38.1 Å². The molecule has 0 aliphatic heterocycles. The average Bonchev–Trinajstić information content (AvgIpc) is 2.44. The van der Waals surface area contributed by atoms with Crippen LogP contribution in [0.25, 0.3) is 0 Å². The summed E-state index contributed by atoms with van der Waals surface area (Å²) in [4.78, 5) is 23.6. The molecule has 1 rings (SSSR count). The number of carboxylic acids is 1. The van der Waals surface area contributed by atoms with Crippen molar-refractivity contribution in [3.05, 3.63) is 29.8 Å². The number of hydrogen-bond donors (Lipinski definition) is 2. The number of ether oxygens (including phenoxy) is 1. The van der Waals surface area contributed by atoms with Gasteiger partial charge in [-0.3, -0.25) is 4.79 Å². The van der Waals surface area contributed by atoms with E-state index in [2.05, 4.69) is 5.32 Å². The van der Waals surface area contributed by atoms with Crippen LogP contribution in [-0.2, 0) is 4.79 Å². The number of hydrogen-bond acceptors (Lipinski definition) is 3. The van der Waals surface area contributed by atoms with Crippen molar-refractivity contribution in [3.8, 4) is 5.75 Å². The Morgan fingerprint density at radius 3 is 2.32 bits per heavy atom. The Morgan fingerprint density at radius 2 is 1.84 bits per heavy atom. The number of aliphatic carboxylic acids is 1. The fraction of sp³-hybridized carbons (Fsp3) is 0.429. The molecule has 0 fully saturated rings. The molecule has 0 aromatic heterocycles. The Labute approximate surface area is 112 Å². The van der Waals surface area contributed by atoms with Crippen molar-refractivity contribution >= 4 is 11.9 Å². The fourth-order valence-corrected chi connectivity index (χ4v) is 1.90. The fourth-order valence-electron chi connectivity index (χ4n) is 1.90. The lowest BCUT2D eigenvalue weighted by molar-refractivity contribution is -0.144. The summed E-state index contributed by atoms with van der Waals surface area (Å²) in [5.41, 5.74) is -0.907. The highest BCUT2D eigenvalue weighted by Crippen LogP contribution is 2.21. The molecule has 2 N–H and O–H groups in total. The van der Waals surface area contributed by atoms with Crippen molar-refractivity contribution in [2.24, 2.45) is 0 Å². The molecule has 1 amide bonds. The monoisotopic (exact) mass is 265 g/mol. The topological polar surface area (TPSA) is 75.6 Å². The van der Waals surface area contributed by atoms with Gasteiger partial charge in [-0.25, -0.2) is 4.79 Å². The molecule has 0 radical (unpaired) electrons. The van der Waals surface area contributed by atoms with E-state index < -0.39 is 17.4 Å². The molecule has 0 heterocycles.